The van der Waals surface area contributed by atoms with Crippen LogP contribution in [0.5, 0.6) is 0 Å². The Hall–Kier alpha value is -9.31. The summed E-state index contributed by atoms with van der Waals surface area (Å²) in [7, 11) is -17.2. The first-order valence-corrected chi connectivity index (χ1v) is 43.7. The van der Waals surface area contributed by atoms with Crippen LogP contribution in [0, 0.1) is 17.8 Å². The van der Waals surface area contributed by atoms with Crippen LogP contribution in [0.3, 0.4) is 0 Å². The molecule has 628 valence electrons. The predicted octanol–water partition coefficient (Wildman–Crippen LogP) is 20.4. The molecule has 0 N–H and O–H groups in total. The van der Waals surface area contributed by atoms with E-state index in [9.17, 15) is 97.2 Å². The molecule has 2 aliphatic rings. The van der Waals surface area contributed by atoms with E-state index in [1.165, 1.54) is 65.0 Å². The number of methoxy groups -OCH3 is 1. The standard InChI is InChI=1S/3C18H15S.C9H12F4O5S.C9H12F4O3S.C9H14F2O5S.C5H8O2/c3*1-4-10-16(11-5-1)19(17-12-6-2-7-13-17)18-14-8-3-9-15-18;1-6(2)7(14)18-5-3-4-8(10,11)9(12,13)19(15,16)17;10-8(11,9(12,13)17(14,15)16)7-4-5-1-2-6(7)3-5;1-7(2)8(12)16-6-4-3-5-9(10,11)17(13,14)15;1-4(2)5(6)7-3/h3*1-15H;1,3-5H2,2H3,(H,15,16,17);5-7H,1-4H2,(H,14,15,16);1,3-6H2,2H3,(H,13,14,15);1H2,2-3H3/q3*+1;;;;/p-3. The number of alkyl halides is 10. The quantitative estimate of drug-likeness (QED) is 0.00883. The third-order valence-corrected chi connectivity index (χ3v) is 26.5. The van der Waals surface area contributed by atoms with E-state index in [0.29, 0.717) is 24.8 Å². The molecular formula is C86H88F10O15S6. The number of ether oxygens (including phenoxy) is 3. The molecule has 2 aliphatic carbocycles. The van der Waals surface area contributed by atoms with Gasteiger partial charge in [-0.3, -0.25) is 0 Å². The van der Waals surface area contributed by atoms with E-state index in [0.717, 1.165) is 0 Å². The zero-order chi connectivity index (χ0) is 86.8. The van der Waals surface area contributed by atoms with Crippen molar-refractivity contribution in [1.29, 1.82) is 0 Å². The van der Waals surface area contributed by atoms with Gasteiger partial charge in [0.05, 0.1) is 53.0 Å². The van der Waals surface area contributed by atoms with E-state index >= 15 is 0 Å². The fourth-order valence-electron chi connectivity index (χ4n) is 11.2. The lowest BCUT2D eigenvalue weighted by atomic mass is 9.84. The largest absolute Gasteiger partial charge is 0.743 e. The van der Waals surface area contributed by atoms with E-state index in [4.69, 9.17) is 0 Å². The Morgan fingerprint density at radius 3 is 0.821 bits per heavy atom. The summed E-state index contributed by atoms with van der Waals surface area (Å²) in [6, 6.07) is 96.5. The Morgan fingerprint density at radius 1 is 0.368 bits per heavy atom. The summed E-state index contributed by atoms with van der Waals surface area (Å²) in [6.07, 6.45) is -2.21. The van der Waals surface area contributed by atoms with Crippen LogP contribution in [-0.4, -0.2) is 105 Å². The number of hydrogen-bond donors (Lipinski definition) is 0. The topological polar surface area (TPSA) is 250 Å². The van der Waals surface area contributed by atoms with Crippen LogP contribution in [0.2, 0.25) is 0 Å². The molecule has 0 heterocycles. The zero-order valence-corrected chi connectivity index (χ0v) is 68.9. The Kier molecular flexibility index (Phi) is 38.8. The summed E-state index contributed by atoms with van der Waals surface area (Å²) in [4.78, 5) is 44.1. The van der Waals surface area contributed by atoms with Crippen LogP contribution >= 0.6 is 0 Å². The highest BCUT2D eigenvalue weighted by Gasteiger charge is 2.68. The fourth-order valence-corrected chi connectivity index (χ4v) is 18.9. The molecule has 9 aromatic rings. The molecule has 15 nitrogen and oxygen atoms in total. The zero-order valence-electron chi connectivity index (χ0n) is 64.0. The van der Waals surface area contributed by atoms with Crippen molar-refractivity contribution >= 4 is 80.9 Å². The normalized spacial score (nSPS) is 14.5. The van der Waals surface area contributed by atoms with Crippen molar-refractivity contribution in [2.75, 3.05) is 20.3 Å². The average molecular weight is 1740 g/mol. The first-order valence-electron chi connectivity index (χ1n) is 35.8. The Balaban J connectivity index is 0.000000246. The van der Waals surface area contributed by atoms with E-state index in [1.807, 2.05) is 0 Å². The maximum atomic E-state index is 13.5. The molecule has 117 heavy (non-hydrogen) atoms. The predicted molar refractivity (Wildman–Crippen MR) is 429 cm³/mol. The van der Waals surface area contributed by atoms with E-state index < -0.39 is 108 Å². The van der Waals surface area contributed by atoms with E-state index in [-0.39, 0.29) is 81.6 Å². The molecular weight excluding hydrogens is 1660 g/mol. The minimum Gasteiger partial charge on any atom is -0.743 e. The van der Waals surface area contributed by atoms with E-state index in [2.05, 4.69) is 307 Å². The summed E-state index contributed by atoms with van der Waals surface area (Å²) < 4.78 is 234. The molecule has 3 unspecified atom stereocenters. The number of fused-ring (bicyclic) bond motifs is 2. The number of esters is 3. The van der Waals surface area contributed by atoms with Crippen LogP contribution in [0.4, 0.5) is 43.9 Å². The first kappa shape index (κ1) is 98.3. The lowest BCUT2D eigenvalue weighted by Gasteiger charge is -2.36. The summed E-state index contributed by atoms with van der Waals surface area (Å²) in [5.41, 5.74) is 0.596. The molecule has 3 atom stereocenters. The summed E-state index contributed by atoms with van der Waals surface area (Å²) >= 11 is 0. The van der Waals surface area contributed by atoms with Gasteiger partial charge < -0.3 is 27.9 Å². The molecule has 2 fully saturated rings. The highest BCUT2D eigenvalue weighted by molar-refractivity contribution is 7.97. The first-order chi connectivity index (χ1) is 55.0. The van der Waals surface area contributed by atoms with Crippen LogP contribution in [-0.2, 0) is 91.6 Å². The second-order valence-corrected chi connectivity index (χ2v) is 36.5. The lowest BCUT2D eigenvalue weighted by molar-refractivity contribution is -0.202. The summed E-state index contributed by atoms with van der Waals surface area (Å²) in [6.45, 7) is 13.4. The van der Waals surface area contributed by atoms with Crippen LogP contribution in [0.15, 0.2) is 354 Å². The number of carbonyl (C=O) groups is 3. The molecule has 9 aromatic carbocycles. The van der Waals surface area contributed by atoms with Gasteiger partial charge in [-0.2, -0.15) is 43.9 Å². The molecule has 0 spiro atoms. The molecule has 0 saturated heterocycles. The Bertz CT molecular complexity index is 4370. The van der Waals surface area contributed by atoms with Crippen LogP contribution in [0.25, 0.3) is 0 Å². The highest BCUT2D eigenvalue weighted by Crippen LogP contribution is 2.58. The van der Waals surface area contributed by atoms with Crippen molar-refractivity contribution < 1.29 is 111 Å². The van der Waals surface area contributed by atoms with Gasteiger partial charge in [-0.05, 0) is 180 Å². The van der Waals surface area contributed by atoms with Gasteiger partial charge in [-0.15, -0.1) is 0 Å². The van der Waals surface area contributed by atoms with Crippen molar-refractivity contribution in [2.45, 2.75) is 150 Å². The molecule has 0 aliphatic heterocycles. The third-order valence-electron chi connectivity index (χ3n) is 17.0. The Labute approximate surface area is 685 Å². The van der Waals surface area contributed by atoms with Crippen LogP contribution in [0.1, 0.15) is 78.6 Å². The highest BCUT2D eigenvalue weighted by atomic mass is 32.2. The van der Waals surface area contributed by atoms with Crippen molar-refractivity contribution in [3.63, 3.8) is 0 Å². The van der Waals surface area contributed by atoms with Crippen molar-refractivity contribution in [3.8, 4) is 0 Å². The molecule has 11 rings (SSSR count). The molecule has 2 bridgehead atoms. The van der Waals surface area contributed by atoms with Gasteiger partial charge in [-0.25, -0.2) is 39.6 Å². The smallest absolute Gasteiger partial charge is 0.396 e. The fraction of sp³-hybridized carbons (Fsp3) is 0.267. The maximum Gasteiger partial charge on any atom is 0.396 e. The summed E-state index contributed by atoms with van der Waals surface area (Å²) in [5.74, 6) is -14.0. The second kappa shape index (κ2) is 46.2. The van der Waals surface area contributed by atoms with Crippen molar-refractivity contribution in [3.05, 3.63) is 309 Å². The van der Waals surface area contributed by atoms with E-state index in [1.54, 1.807) is 6.92 Å². The number of benzene rings is 9. The maximum absolute atomic E-state index is 13.5. The molecule has 31 heteroatoms. The van der Waals surface area contributed by atoms with Gasteiger partial charge in [0.15, 0.2) is 74.4 Å². The van der Waals surface area contributed by atoms with Gasteiger partial charge in [0.1, 0.15) is 0 Å². The van der Waals surface area contributed by atoms with Crippen molar-refractivity contribution in [1.82, 2.24) is 0 Å². The second-order valence-electron chi connectivity index (χ2n) is 26.0. The monoisotopic (exact) mass is 1740 g/mol. The number of carbonyl (C=O) groups excluding carboxylic acids is 3. The lowest BCUT2D eigenvalue weighted by Crippen LogP contribution is -2.52. The average Bonchev–Trinajstić information content (AvgIpc) is 1.64. The van der Waals surface area contributed by atoms with Gasteiger partial charge in [0.2, 0.25) is 0 Å². The number of halogens is 10. The van der Waals surface area contributed by atoms with Crippen LogP contribution < -0.4 is 0 Å². The third kappa shape index (κ3) is 29.9. The SMILES string of the molecule is C=C(C)C(=O)OC.C=C(C)C(=O)OCCCC(F)(F)C(F)(F)S(=O)(=O)[O-].C=C(C)C(=O)OCCCCC(F)(F)S(=O)(=O)[O-].O=S(=O)([O-])C(F)(F)C(F)(F)C1CC2CCC1C2.c1ccc([S+](c2ccccc2)c2ccccc2)cc1.c1ccc([S+](c2ccccc2)c2ccccc2)cc1.c1ccc([S+](c2ccccc2)c2ccccc2)cc1. The molecule has 0 amide bonds. The van der Waals surface area contributed by atoms with Gasteiger partial charge >= 0.3 is 45.5 Å². The molecule has 2 saturated carbocycles. The van der Waals surface area contributed by atoms with Gasteiger partial charge in [-0.1, -0.05) is 190 Å². The number of rotatable bonds is 27. The van der Waals surface area contributed by atoms with Gasteiger partial charge in [0, 0.05) is 35.5 Å². The Morgan fingerprint density at radius 2 is 0.624 bits per heavy atom. The van der Waals surface area contributed by atoms with Gasteiger partial charge in [0.25, 0.3) is 0 Å². The number of unbranched alkanes of at least 4 members (excludes halogenated alkanes) is 1. The minimum absolute atomic E-state index is 0.0146. The number of hydrogen-bond acceptors (Lipinski definition) is 15. The molecule has 0 aromatic heterocycles. The minimum atomic E-state index is -6.48. The summed E-state index contributed by atoms with van der Waals surface area (Å²) in [5, 5.41) is -15.5. The molecule has 0 radical (unpaired) electrons. The van der Waals surface area contributed by atoms with Crippen molar-refractivity contribution in [2.24, 2.45) is 17.8 Å².